The van der Waals surface area contributed by atoms with E-state index >= 15 is 0 Å². The number of pyridine rings is 1. The number of hydrogen-bond acceptors (Lipinski definition) is 5. The zero-order valence-corrected chi connectivity index (χ0v) is 20.9. The van der Waals surface area contributed by atoms with Crippen LogP contribution in [0, 0.1) is 0 Å². The predicted molar refractivity (Wildman–Crippen MR) is 138 cm³/mol. The Morgan fingerprint density at radius 2 is 1.78 bits per heavy atom. The third-order valence-electron chi connectivity index (χ3n) is 7.22. The Balaban J connectivity index is 1.71. The van der Waals surface area contributed by atoms with Crippen molar-refractivity contribution < 1.29 is 19.1 Å². The van der Waals surface area contributed by atoms with Crippen LogP contribution in [-0.4, -0.2) is 49.1 Å². The standard InChI is InChI=1S/C29H31N3O4/c1-31(2)28(34)32-24-11-7-6-10-23(24)29(27(32)33,19-20-14-16-30-17-15-20)21-12-13-25(35-3)26(18-21)36-22-8-4-5-9-22/h6-7,10-18,22H,4-5,8-9,19H2,1-3H3. The maximum absolute atomic E-state index is 14.4. The van der Waals surface area contributed by atoms with E-state index in [2.05, 4.69) is 4.98 Å². The van der Waals surface area contributed by atoms with E-state index in [4.69, 9.17) is 9.47 Å². The molecule has 2 heterocycles. The third-order valence-corrected chi connectivity index (χ3v) is 7.22. The number of methoxy groups -OCH3 is 1. The molecular weight excluding hydrogens is 454 g/mol. The number of aromatic nitrogens is 1. The molecule has 1 atom stereocenters. The van der Waals surface area contributed by atoms with Gasteiger partial charge < -0.3 is 14.4 Å². The number of hydrogen-bond donors (Lipinski definition) is 0. The molecule has 1 aromatic heterocycles. The minimum Gasteiger partial charge on any atom is -0.493 e. The molecule has 0 bridgehead atoms. The van der Waals surface area contributed by atoms with Gasteiger partial charge in [0.2, 0.25) is 0 Å². The summed E-state index contributed by atoms with van der Waals surface area (Å²) in [5, 5.41) is 0. The van der Waals surface area contributed by atoms with Gasteiger partial charge in [-0.1, -0.05) is 24.3 Å². The zero-order chi connectivity index (χ0) is 25.3. The van der Waals surface area contributed by atoms with E-state index in [1.54, 1.807) is 33.6 Å². The second-order valence-corrected chi connectivity index (χ2v) is 9.66. The minimum absolute atomic E-state index is 0.128. The topological polar surface area (TPSA) is 72.0 Å². The van der Waals surface area contributed by atoms with Crippen LogP contribution in [0.2, 0.25) is 0 Å². The fourth-order valence-corrected chi connectivity index (χ4v) is 5.41. The first-order chi connectivity index (χ1) is 17.5. The van der Waals surface area contributed by atoms with Gasteiger partial charge in [-0.05, 0) is 79.1 Å². The normalized spacial score (nSPS) is 19.3. The maximum atomic E-state index is 14.4. The molecule has 2 aromatic carbocycles. The van der Waals surface area contributed by atoms with Crippen LogP contribution in [0.15, 0.2) is 67.0 Å². The van der Waals surface area contributed by atoms with Crippen molar-refractivity contribution in [1.29, 1.82) is 0 Å². The number of fused-ring (bicyclic) bond motifs is 1. The van der Waals surface area contributed by atoms with Gasteiger partial charge in [0.15, 0.2) is 11.5 Å². The van der Waals surface area contributed by atoms with Crippen LogP contribution in [0.1, 0.15) is 42.4 Å². The number of imide groups is 1. The first kappa shape index (κ1) is 23.9. The van der Waals surface area contributed by atoms with Gasteiger partial charge in [0.05, 0.1) is 18.9 Å². The summed E-state index contributed by atoms with van der Waals surface area (Å²) in [6, 6.07) is 16.7. The molecule has 1 aliphatic heterocycles. The van der Waals surface area contributed by atoms with Gasteiger partial charge in [-0.2, -0.15) is 0 Å². The number of para-hydroxylation sites is 1. The zero-order valence-electron chi connectivity index (χ0n) is 20.9. The Labute approximate surface area is 211 Å². The van der Waals surface area contributed by atoms with Gasteiger partial charge in [0, 0.05) is 26.5 Å². The van der Waals surface area contributed by atoms with Gasteiger partial charge in [-0.25, -0.2) is 9.69 Å². The van der Waals surface area contributed by atoms with Gasteiger partial charge in [-0.15, -0.1) is 0 Å². The number of rotatable bonds is 6. The summed E-state index contributed by atoms with van der Waals surface area (Å²) in [6.45, 7) is 0. The molecule has 0 saturated heterocycles. The summed E-state index contributed by atoms with van der Waals surface area (Å²) < 4.78 is 12.0. The van der Waals surface area contributed by atoms with Gasteiger partial charge >= 0.3 is 6.03 Å². The minimum atomic E-state index is -1.12. The number of carbonyl (C=O) groups is 2. The van der Waals surface area contributed by atoms with E-state index in [0.29, 0.717) is 23.6 Å². The summed E-state index contributed by atoms with van der Waals surface area (Å²) in [5.41, 5.74) is 1.98. The lowest BCUT2D eigenvalue weighted by atomic mass is 9.71. The number of amides is 3. The number of nitrogens with zero attached hydrogens (tertiary/aromatic N) is 3. The molecule has 5 rings (SSSR count). The third kappa shape index (κ3) is 3.98. The largest absolute Gasteiger partial charge is 0.493 e. The fourth-order valence-electron chi connectivity index (χ4n) is 5.41. The second-order valence-electron chi connectivity index (χ2n) is 9.66. The molecule has 1 aliphatic carbocycles. The molecule has 0 N–H and O–H groups in total. The maximum Gasteiger partial charge on any atom is 0.330 e. The molecule has 3 amide bonds. The Hall–Kier alpha value is -3.87. The van der Waals surface area contributed by atoms with E-state index < -0.39 is 5.41 Å². The molecule has 0 radical (unpaired) electrons. The number of anilines is 1. The quantitative estimate of drug-likeness (QED) is 0.493. The molecule has 3 aromatic rings. The van der Waals surface area contributed by atoms with E-state index in [1.165, 1.54) is 9.80 Å². The summed E-state index contributed by atoms with van der Waals surface area (Å²) in [4.78, 5) is 34.6. The van der Waals surface area contributed by atoms with Crippen molar-refractivity contribution in [3.05, 3.63) is 83.7 Å². The molecule has 7 nitrogen and oxygen atoms in total. The molecule has 2 aliphatic rings. The van der Waals surface area contributed by atoms with Crippen LogP contribution in [0.25, 0.3) is 0 Å². The molecule has 186 valence electrons. The van der Waals surface area contributed by atoms with Crippen molar-refractivity contribution in [3.8, 4) is 11.5 Å². The smallest absolute Gasteiger partial charge is 0.330 e. The highest BCUT2D eigenvalue weighted by Gasteiger charge is 2.54. The average molecular weight is 486 g/mol. The first-order valence-corrected chi connectivity index (χ1v) is 12.3. The highest BCUT2D eigenvalue weighted by atomic mass is 16.5. The van der Waals surface area contributed by atoms with E-state index in [9.17, 15) is 9.59 Å². The van der Waals surface area contributed by atoms with Crippen LogP contribution in [0.3, 0.4) is 0 Å². The van der Waals surface area contributed by atoms with E-state index in [-0.39, 0.29) is 18.0 Å². The molecular formula is C29H31N3O4. The van der Waals surface area contributed by atoms with Gasteiger partial charge in [0.1, 0.15) is 5.41 Å². The van der Waals surface area contributed by atoms with Crippen LogP contribution in [0.5, 0.6) is 11.5 Å². The van der Waals surface area contributed by atoms with Crippen molar-refractivity contribution in [2.24, 2.45) is 0 Å². The van der Waals surface area contributed by atoms with Gasteiger partial charge in [0.25, 0.3) is 5.91 Å². The Kier molecular flexibility index (Phi) is 6.39. The number of ether oxygens (including phenoxy) is 2. The lowest BCUT2D eigenvalue weighted by Crippen LogP contribution is -2.48. The lowest BCUT2D eigenvalue weighted by molar-refractivity contribution is -0.121. The van der Waals surface area contributed by atoms with Gasteiger partial charge in [-0.3, -0.25) is 9.78 Å². The predicted octanol–water partition coefficient (Wildman–Crippen LogP) is 4.97. The monoisotopic (exact) mass is 485 g/mol. The Bertz CT molecular complexity index is 1270. The van der Waals surface area contributed by atoms with Crippen molar-refractivity contribution in [1.82, 2.24) is 9.88 Å². The first-order valence-electron chi connectivity index (χ1n) is 12.3. The molecule has 0 spiro atoms. The van der Waals surface area contributed by atoms with Crippen molar-refractivity contribution >= 4 is 17.6 Å². The number of benzene rings is 2. The number of urea groups is 1. The molecule has 1 unspecified atom stereocenters. The van der Waals surface area contributed by atoms with Crippen LogP contribution >= 0.6 is 0 Å². The van der Waals surface area contributed by atoms with Crippen molar-refractivity contribution in [3.63, 3.8) is 0 Å². The van der Waals surface area contributed by atoms with Crippen molar-refractivity contribution in [2.45, 2.75) is 43.6 Å². The van der Waals surface area contributed by atoms with Crippen LogP contribution in [0.4, 0.5) is 10.5 Å². The highest BCUT2D eigenvalue weighted by molar-refractivity contribution is 6.23. The highest BCUT2D eigenvalue weighted by Crippen LogP contribution is 2.50. The number of carbonyl (C=O) groups excluding carboxylic acids is 2. The summed E-state index contributed by atoms with van der Waals surface area (Å²) in [6.07, 6.45) is 8.24. The molecule has 1 fully saturated rings. The second kappa shape index (κ2) is 9.64. The lowest BCUT2D eigenvalue weighted by Gasteiger charge is -2.31. The van der Waals surface area contributed by atoms with Crippen molar-refractivity contribution in [2.75, 3.05) is 26.1 Å². The summed E-state index contributed by atoms with van der Waals surface area (Å²) in [5.74, 6) is 0.972. The van der Waals surface area contributed by atoms with Crippen LogP contribution < -0.4 is 14.4 Å². The molecule has 1 saturated carbocycles. The van der Waals surface area contributed by atoms with E-state index in [0.717, 1.165) is 42.4 Å². The fraction of sp³-hybridized carbons (Fsp3) is 0.345. The Morgan fingerprint density at radius 3 is 2.47 bits per heavy atom. The molecule has 7 heteroatoms. The summed E-state index contributed by atoms with van der Waals surface area (Å²) in [7, 11) is 4.93. The Morgan fingerprint density at radius 1 is 1.06 bits per heavy atom. The SMILES string of the molecule is COc1ccc(C2(Cc3ccncc3)C(=O)N(C(=O)N(C)C)c3ccccc32)cc1OC1CCCC1. The molecule has 36 heavy (non-hydrogen) atoms. The van der Waals surface area contributed by atoms with Crippen LogP contribution in [-0.2, 0) is 16.6 Å². The van der Waals surface area contributed by atoms with E-state index in [1.807, 2.05) is 54.6 Å². The summed E-state index contributed by atoms with van der Waals surface area (Å²) >= 11 is 0. The average Bonchev–Trinajstić information content (AvgIpc) is 3.49.